The van der Waals surface area contributed by atoms with Gasteiger partial charge in [-0.25, -0.2) is 9.18 Å². The van der Waals surface area contributed by atoms with E-state index >= 15 is 0 Å². The van der Waals surface area contributed by atoms with Crippen molar-refractivity contribution in [2.45, 2.75) is 6.42 Å². The average molecular weight is 274 g/mol. The van der Waals surface area contributed by atoms with Gasteiger partial charge in [0.2, 0.25) is 0 Å². The summed E-state index contributed by atoms with van der Waals surface area (Å²) in [5.41, 5.74) is 0.528. The van der Waals surface area contributed by atoms with Gasteiger partial charge >= 0.3 is 6.09 Å². The molecule has 15 heavy (non-hydrogen) atoms. The highest BCUT2D eigenvalue weighted by atomic mass is 79.9. The number of anilines is 1. The molecule has 0 atom stereocenters. The Morgan fingerprint density at radius 2 is 2.27 bits per heavy atom. The molecule has 2 rings (SSSR count). The minimum atomic E-state index is -0.414. The highest BCUT2D eigenvalue weighted by Gasteiger charge is 2.21. The Bertz CT molecular complexity index is 397. The number of cyclic esters (lactones) is 1. The van der Waals surface area contributed by atoms with Gasteiger partial charge in [-0.2, -0.15) is 0 Å². The first kappa shape index (κ1) is 10.4. The van der Waals surface area contributed by atoms with Crippen LogP contribution in [0.1, 0.15) is 6.42 Å². The van der Waals surface area contributed by atoms with Crippen LogP contribution in [0.2, 0.25) is 0 Å². The maximum absolute atomic E-state index is 13.2. The van der Waals surface area contributed by atoms with Crippen LogP contribution >= 0.6 is 15.9 Å². The molecule has 1 aromatic rings. The number of hydrogen-bond acceptors (Lipinski definition) is 2. The van der Waals surface area contributed by atoms with E-state index in [0.717, 1.165) is 6.42 Å². The van der Waals surface area contributed by atoms with Crippen molar-refractivity contribution < 1.29 is 13.9 Å². The van der Waals surface area contributed by atoms with Crippen molar-refractivity contribution in [2.75, 3.05) is 18.1 Å². The third-order valence-electron chi connectivity index (χ3n) is 2.19. The summed E-state index contributed by atoms with van der Waals surface area (Å²) in [4.78, 5) is 12.8. The van der Waals surface area contributed by atoms with Gasteiger partial charge in [0.25, 0.3) is 0 Å². The second-order valence-electron chi connectivity index (χ2n) is 3.22. The largest absolute Gasteiger partial charge is 0.449 e. The SMILES string of the molecule is O=C1OCCCN1c1ccc(Br)c(F)c1. The number of nitrogens with zero attached hydrogens (tertiary/aromatic N) is 1. The number of hydrogen-bond donors (Lipinski definition) is 0. The number of benzene rings is 1. The first-order valence-corrected chi connectivity index (χ1v) is 5.37. The Kier molecular flexibility index (Phi) is 2.90. The predicted octanol–water partition coefficient (Wildman–Crippen LogP) is 2.93. The van der Waals surface area contributed by atoms with E-state index in [0.29, 0.717) is 23.3 Å². The summed E-state index contributed by atoms with van der Waals surface area (Å²) >= 11 is 3.06. The van der Waals surface area contributed by atoms with Crippen LogP contribution in [0, 0.1) is 5.82 Å². The molecule has 1 amide bonds. The Balaban J connectivity index is 2.28. The van der Waals surface area contributed by atoms with E-state index in [-0.39, 0.29) is 5.82 Å². The molecule has 1 heterocycles. The molecule has 1 fully saturated rings. The van der Waals surface area contributed by atoms with Crippen molar-refractivity contribution in [3.8, 4) is 0 Å². The molecule has 0 bridgehead atoms. The number of carbonyl (C=O) groups excluding carboxylic acids is 1. The van der Waals surface area contributed by atoms with E-state index in [2.05, 4.69) is 15.9 Å². The van der Waals surface area contributed by atoms with Gasteiger partial charge < -0.3 is 4.74 Å². The van der Waals surface area contributed by atoms with Crippen LogP contribution in [0.25, 0.3) is 0 Å². The standard InChI is InChI=1S/C10H9BrFNO2/c11-8-3-2-7(6-9(8)12)13-4-1-5-15-10(13)14/h2-3,6H,1,4-5H2. The lowest BCUT2D eigenvalue weighted by Crippen LogP contribution is -2.37. The lowest BCUT2D eigenvalue weighted by Gasteiger charge is -2.26. The molecular formula is C10H9BrFNO2. The third kappa shape index (κ3) is 2.12. The molecule has 1 aliphatic rings. The molecule has 0 radical (unpaired) electrons. The van der Waals surface area contributed by atoms with E-state index in [1.807, 2.05) is 0 Å². The fourth-order valence-corrected chi connectivity index (χ4v) is 1.69. The van der Waals surface area contributed by atoms with E-state index in [1.54, 1.807) is 12.1 Å². The zero-order chi connectivity index (χ0) is 10.8. The average Bonchev–Trinajstić information content (AvgIpc) is 2.23. The molecule has 1 saturated heterocycles. The Morgan fingerprint density at radius 3 is 2.93 bits per heavy atom. The van der Waals surface area contributed by atoms with Gasteiger partial charge in [-0.1, -0.05) is 0 Å². The summed E-state index contributed by atoms with van der Waals surface area (Å²) in [7, 11) is 0. The van der Waals surface area contributed by atoms with Crippen molar-refractivity contribution in [3.05, 3.63) is 28.5 Å². The lowest BCUT2D eigenvalue weighted by molar-refractivity contribution is 0.140. The number of carbonyl (C=O) groups is 1. The highest BCUT2D eigenvalue weighted by Crippen LogP contribution is 2.24. The summed E-state index contributed by atoms with van der Waals surface area (Å²) in [5, 5.41) is 0. The van der Waals surface area contributed by atoms with Crippen LogP contribution in [0.5, 0.6) is 0 Å². The second-order valence-corrected chi connectivity index (χ2v) is 4.07. The number of amides is 1. The summed E-state index contributed by atoms with van der Waals surface area (Å²) in [6.07, 6.45) is 0.353. The van der Waals surface area contributed by atoms with Crippen LogP contribution in [0.15, 0.2) is 22.7 Å². The van der Waals surface area contributed by atoms with Crippen molar-refractivity contribution in [3.63, 3.8) is 0 Å². The lowest BCUT2D eigenvalue weighted by atomic mass is 10.2. The summed E-state index contributed by atoms with van der Waals surface area (Å²) in [6.45, 7) is 1.01. The highest BCUT2D eigenvalue weighted by molar-refractivity contribution is 9.10. The quantitative estimate of drug-likeness (QED) is 0.788. The molecule has 1 aliphatic heterocycles. The van der Waals surface area contributed by atoms with Gasteiger partial charge in [0.15, 0.2) is 0 Å². The third-order valence-corrected chi connectivity index (χ3v) is 2.83. The zero-order valence-corrected chi connectivity index (χ0v) is 9.46. The van der Waals surface area contributed by atoms with Crippen LogP contribution in [0.4, 0.5) is 14.9 Å². The molecule has 5 heteroatoms. The van der Waals surface area contributed by atoms with Crippen LogP contribution in [-0.4, -0.2) is 19.2 Å². The van der Waals surface area contributed by atoms with Crippen molar-refractivity contribution in [1.82, 2.24) is 0 Å². The predicted molar refractivity (Wildman–Crippen MR) is 57.4 cm³/mol. The Morgan fingerprint density at radius 1 is 1.47 bits per heavy atom. The van der Waals surface area contributed by atoms with Gasteiger partial charge in [-0.05, 0) is 40.5 Å². The van der Waals surface area contributed by atoms with Crippen molar-refractivity contribution >= 4 is 27.7 Å². The molecule has 0 N–H and O–H groups in total. The molecule has 0 spiro atoms. The van der Waals surface area contributed by atoms with Crippen molar-refractivity contribution in [2.24, 2.45) is 0 Å². The van der Waals surface area contributed by atoms with E-state index in [9.17, 15) is 9.18 Å². The van der Waals surface area contributed by atoms with Crippen LogP contribution < -0.4 is 4.90 Å². The summed E-state index contributed by atoms with van der Waals surface area (Å²) in [6, 6.07) is 4.57. The number of ether oxygens (including phenoxy) is 1. The molecule has 0 unspecified atom stereocenters. The molecule has 0 aliphatic carbocycles. The fraction of sp³-hybridized carbons (Fsp3) is 0.300. The maximum atomic E-state index is 13.2. The monoisotopic (exact) mass is 273 g/mol. The summed E-state index contributed by atoms with van der Waals surface area (Å²) < 4.78 is 18.5. The van der Waals surface area contributed by atoms with Gasteiger partial charge in [0, 0.05) is 6.54 Å². The van der Waals surface area contributed by atoms with E-state index in [1.165, 1.54) is 11.0 Å². The van der Waals surface area contributed by atoms with Crippen LogP contribution in [-0.2, 0) is 4.74 Å². The fourth-order valence-electron chi connectivity index (χ4n) is 1.44. The molecular weight excluding hydrogens is 265 g/mol. The maximum Gasteiger partial charge on any atom is 0.414 e. The number of rotatable bonds is 1. The molecule has 0 aromatic heterocycles. The Hall–Kier alpha value is -1.10. The van der Waals surface area contributed by atoms with E-state index < -0.39 is 6.09 Å². The Labute approximate surface area is 95.0 Å². The normalized spacial score (nSPS) is 16.4. The van der Waals surface area contributed by atoms with E-state index in [4.69, 9.17) is 4.74 Å². The van der Waals surface area contributed by atoms with Gasteiger partial charge in [0.1, 0.15) is 5.82 Å². The van der Waals surface area contributed by atoms with Gasteiger partial charge in [0.05, 0.1) is 16.8 Å². The molecule has 80 valence electrons. The minimum absolute atomic E-state index is 0.383. The second kappa shape index (κ2) is 4.18. The number of halogens is 2. The van der Waals surface area contributed by atoms with Crippen LogP contribution in [0.3, 0.4) is 0 Å². The van der Waals surface area contributed by atoms with Gasteiger partial charge in [-0.3, -0.25) is 4.90 Å². The van der Waals surface area contributed by atoms with Gasteiger partial charge in [-0.15, -0.1) is 0 Å². The summed E-state index contributed by atoms with van der Waals surface area (Å²) in [5.74, 6) is -0.383. The molecule has 3 nitrogen and oxygen atoms in total. The first-order valence-electron chi connectivity index (χ1n) is 4.58. The molecule has 1 aromatic carbocycles. The minimum Gasteiger partial charge on any atom is -0.449 e. The van der Waals surface area contributed by atoms with Crippen molar-refractivity contribution in [1.29, 1.82) is 0 Å². The topological polar surface area (TPSA) is 29.5 Å². The first-order chi connectivity index (χ1) is 7.18. The zero-order valence-electron chi connectivity index (χ0n) is 7.87. The molecule has 0 saturated carbocycles. The smallest absolute Gasteiger partial charge is 0.414 e.